The van der Waals surface area contributed by atoms with Gasteiger partial charge in [0.2, 0.25) is 0 Å². The van der Waals surface area contributed by atoms with E-state index in [-0.39, 0.29) is 11.8 Å². The zero-order valence-electron chi connectivity index (χ0n) is 20.4. The lowest BCUT2D eigenvalue weighted by molar-refractivity contribution is 0.0499. The van der Waals surface area contributed by atoms with Gasteiger partial charge in [-0.25, -0.2) is 9.78 Å². The zero-order valence-corrected chi connectivity index (χ0v) is 22.0. The number of hydrogen-bond acceptors (Lipinski definition) is 7. The summed E-state index contributed by atoms with van der Waals surface area (Å²) in [6.07, 6.45) is 4.81. The highest BCUT2D eigenvalue weighted by Crippen LogP contribution is 2.32. The van der Waals surface area contributed by atoms with Crippen LogP contribution in [-0.4, -0.2) is 46.6 Å². The average molecular weight is 540 g/mol. The number of aromatic nitrogens is 2. The second-order valence-electron chi connectivity index (χ2n) is 9.73. The zero-order chi connectivity index (χ0) is 25.2. The molecule has 1 atom stereocenters. The maximum Gasteiger partial charge on any atom is 0.407 e. The molecule has 2 aromatic heterocycles. The summed E-state index contributed by atoms with van der Waals surface area (Å²) in [5.74, 6) is 0.767. The summed E-state index contributed by atoms with van der Waals surface area (Å²) < 4.78 is 6.30. The van der Waals surface area contributed by atoms with E-state index in [1.807, 2.05) is 51.1 Å². The molecule has 1 amide bonds. The van der Waals surface area contributed by atoms with Crippen LogP contribution in [-0.2, 0) is 4.74 Å². The van der Waals surface area contributed by atoms with E-state index in [2.05, 4.69) is 41.4 Å². The van der Waals surface area contributed by atoms with Crippen molar-refractivity contribution in [3.63, 3.8) is 0 Å². The third-order valence-electron chi connectivity index (χ3n) is 5.69. The minimum atomic E-state index is -0.526. The standard InChI is InChI=1S/C26H30BrN5O3/c1-16(33)21-14-28-22-9-7-17(27)12-20(22)24(21)30-18-8-10-23(29-13-18)32-11-5-6-19(15-32)31-25(34)35-26(2,3)4/h7-10,12-14,19H,5-6,11,15H2,1-4H3,(H,28,30)(H,31,34). The molecule has 0 saturated carbocycles. The molecule has 3 aromatic rings. The van der Waals surface area contributed by atoms with Gasteiger partial charge in [0, 0.05) is 35.2 Å². The molecule has 4 rings (SSSR count). The first kappa shape index (κ1) is 24.9. The van der Waals surface area contributed by atoms with Crippen LogP contribution >= 0.6 is 15.9 Å². The molecule has 35 heavy (non-hydrogen) atoms. The van der Waals surface area contributed by atoms with E-state index in [0.717, 1.165) is 46.3 Å². The number of benzene rings is 1. The minimum absolute atomic E-state index is 0.00189. The van der Waals surface area contributed by atoms with Crippen LogP contribution in [0.2, 0.25) is 0 Å². The van der Waals surface area contributed by atoms with Crippen molar-refractivity contribution >= 4 is 55.9 Å². The second kappa shape index (κ2) is 10.2. The second-order valence-corrected chi connectivity index (χ2v) is 10.6. The van der Waals surface area contributed by atoms with Crippen LogP contribution in [0.15, 0.2) is 47.2 Å². The van der Waals surface area contributed by atoms with Gasteiger partial charge in [-0.15, -0.1) is 0 Å². The summed E-state index contributed by atoms with van der Waals surface area (Å²) in [4.78, 5) is 35.7. The van der Waals surface area contributed by atoms with Gasteiger partial charge in [-0.2, -0.15) is 0 Å². The first-order chi connectivity index (χ1) is 16.6. The van der Waals surface area contributed by atoms with Crippen molar-refractivity contribution in [2.45, 2.75) is 52.2 Å². The molecule has 0 aliphatic carbocycles. The van der Waals surface area contributed by atoms with Crippen molar-refractivity contribution in [3.8, 4) is 0 Å². The predicted octanol–water partition coefficient (Wildman–Crippen LogP) is 5.83. The van der Waals surface area contributed by atoms with Crippen LogP contribution in [0.3, 0.4) is 0 Å². The molecule has 184 valence electrons. The fourth-order valence-electron chi connectivity index (χ4n) is 4.14. The Morgan fingerprint density at radius 3 is 2.63 bits per heavy atom. The highest BCUT2D eigenvalue weighted by atomic mass is 79.9. The van der Waals surface area contributed by atoms with E-state index in [9.17, 15) is 9.59 Å². The van der Waals surface area contributed by atoms with E-state index in [1.54, 1.807) is 12.4 Å². The van der Waals surface area contributed by atoms with Crippen LogP contribution in [0, 0.1) is 0 Å². The monoisotopic (exact) mass is 539 g/mol. The van der Waals surface area contributed by atoms with Crippen molar-refractivity contribution in [1.29, 1.82) is 0 Å². The molecule has 1 fully saturated rings. The van der Waals surface area contributed by atoms with Crippen molar-refractivity contribution < 1.29 is 14.3 Å². The number of rotatable bonds is 5. The lowest BCUT2D eigenvalue weighted by Crippen LogP contribution is -2.49. The molecule has 0 bridgehead atoms. The molecule has 2 N–H and O–H groups in total. The number of nitrogens with zero attached hydrogens (tertiary/aromatic N) is 3. The van der Waals surface area contributed by atoms with E-state index in [1.165, 1.54) is 6.92 Å². The molecular formula is C26H30BrN5O3. The number of carbonyl (C=O) groups excluding carboxylic acids is 2. The van der Waals surface area contributed by atoms with Gasteiger partial charge in [0.25, 0.3) is 0 Å². The van der Waals surface area contributed by atoms with E-state index in [4.69, 9.17) is 4.74 Å². The van der Waals surface area contributed by atoms with Crippen molar-refractivity contribution in [2.24, 2.45) is 0 Å². The number of halogens is 1. The van der Waals surface area contributed by atoms with Gasteiger partial charge >= 0.3 is 6.09 Å². The van der Waals surface area contributed by atoms with Gasteiger partial charge in [0.05, 0.1) is 28.7 Å². The van der Waals surface area contributed by atoms with Gasteiger partial charge in [-0.1, -0.05) is 15.9 Å². The Hall–Kier alpha value is -3.20. The Bertz CT molecular complexity index is 1240. The number of fused-ring (bicyclic) bond motifs is 1. The lowest BCUT2D eigenvalue weighted by atomic mass is 10.1. The van der Waals surface area contributed by atoms with Gasteiger partial charge in [-0.05, 0) is 70.9 Å². The molecule has 1 aromatic carbocycles. The number of carbonyl (C=O) groups is 2. The quantitative estimate of drug-likeness (QED) is 0.393. The summed E-state index contributed by atoms with van der Waals surface area (Å²) in [5, 5.41) is 7.20. The Balaban J connectivity index is 1.50. The number of alkyl carbamates (subject to hydrolysis) is 1. The topological polar surface area (TPSA) is 96.5 Å². The number of nitrogens with one attached hydrogen (secondary N) is 2. The van der Waals surface area contributed by atoms with Crippen LogP contribution in [0.25, 0.3) is 10.9 Å². The van der Waals surface area contributed by atoms with E-state index < -0.39 is 11.7 Å². The number of ether oxygens (including phenoxy) is 1. The van der Waals surface area contributed by atoms with Gasteiger partial charge in [0.1, 0.15) is 11.4 Å². The van der Waals surface area contributed by atoms with Crippen molar-refractivity contribution in [2.75, 3.05) is 23.3 Å². The van der Waals surface area contributed by atoms with Gasteiger partial charge in [0.15, 0.2) is 5.78 Å². The van der Waals surface area contributed by atoms with E-state index >= 15 is 0 Å². The Labute approximate surface area is 213 Å². The van der Waals surface area contributed by atoms with E-state index in [0.29, 0.717) is 17.8 Å². The summed E-state index contributed by atoms with van der Waals surface area (Å²) in [7, 11) is 0. The number of amides is 1. The molecular weight excluding hydrogens is 510 g/mol. The minimum Gasteiger partial charge on any atom is -0.444 e. The number of Topliss-reactive ketones (excluding diaryl/α,β-unsaturated/α-hetero) is 1. The van der Waals surface area contributed by atoms with Crippen LogP contribution in [0.5, 0.6) is 0 Å². The molecule has 0 spiro atoms. The largest absolute Gasteiger partial charge is 0.444 e. The molecule has 0 radical (unpaired) electrons. The maximum atomic E-state index is 12.3. The fourth-order valence-corrected chi connectivity index (χ4v) is 4.50. The molecule has 1 aliphatic rings. The Kier molecular flexibility index (Phi) is 7.25. The Morgan fingerprint density at radius 2 is 1.94 bits per heavy atom. The van der Waals surface area contributed by atoms with Crippen LogP contribution in [0.1, 0.15) is 50.9 Å². The molecule has 1 saturated heterocycles. The van der Waals surface area contributed by atoms with Crippen LogP contribution < -0.4 is 15.5 Å². The highest BCUT2D eigenvalue weighted by Gasteiger charge is 2.25. The predicted molar refractivity (Wildman–Crippen MR) is 142 cm³/mol. The third kappa shape index (κ3) is 6.28. The normalized spacial score (nSPS) is 16.1. The van der Waals surface area contributed by atoms with Crippen molar-refractivity contribution in [1.82, 2.24) is 15.3 Å². The summed E-state index contributed by atoms with van der Waals surface area (Å²) in [6.45, 7) is 8.62. The third-order valence-corrected chi connectivity index (χ3v) is 6.19. The first-order valence-electron chi connectivity index (χ1n) is 11.7. The van der Waals surface area contributed by atoms with Gasteiger partial charge in [-0.3, -0.25) is 9.78 Å². The average Bonchev–Trinajstić information content (AvgIpc) is 2.78. The number of anilines is 3. The van der Waals surface area contributed by atoms with Gasteiger partial charge < -0.3 is 20.3 Å². The summed E-state index contributed by atoms with van der Waals surface area (Å²) in [5.41, 5.74) is 2.26. The first-order valence-corrected chi connectivity index (χ1v) is 12.4. The molecule has 9 heteroatoms. The molecule has 3 heterocycles. The number of pyridine rings is 2. The summed E-state index contributed by atoms with van der Waals surface area (Å²) in [6, 6.07) is 9.68. The number of ketones is 1. The van der Waals surface area contributed by atoms with Crippen molar-refractivity contribution in [3.05, 3.63) is 52.8 Å². The SMILES string of the molecule is CC(=O)c1cnc2ccc(Br)cc2c1Nc1ccc(N2CCCC(NC(=O)OC(C)(C)C)C2)nc1. The fraction of sp³-hybridized carbons (Fsp3) is 0.385. The Morgan fingerprint density at radius 1 is 1.14 bits per heavy atom. The van der Waals surface area contributed by atoms with Crippen LogP contribution in [0.4, 0.5) is 22.0 Å². The number of piperidine rings is 1. The molecule has 1 aliphatic heterocycles. The summed E-state index contributed by atoms with van der Waals surface area (Å²) >= 11 is 3.51. The maximum absolute atomic E-state index is 12.3. The molecule has 1 unspecified atom stereocenters. The smallest absolute Gasteiger partial charge is 0.407 e. The molecule has 8 nitrogen and oxygen atoms in total. The highest BCUT2D eigenvalue weighted by molar-refractivity contribution is 9.10. The lowest BCUT2D eigenvalue weighted by Gasteiger charge is -2.34. The number of hydrogen-bond donors (Lipinski definition) is 2.